The third-order valence-corrected chi connectivity index (χ3v) is 17.3. The molecule has 0 spiro atoms. The van der Waals surface area contributed by atoms with Crippen molar-refractivity contribution >= 4 is 27.6 Å². The van der Waals surface area contributed by atoms with Crippen molar-refractivity contribution in [1.29, 1.82) is 0 Å². The number of benzene rings is 1. The summed E-state index contributed by atoms with van der Waals surface area (Å²) in [5.74, 6) is -0.0459. The molecule has 1 unspecified atom stereocenters. The van der Waals surface area contributed by atoms with Crippen molar-refractivity contribution in [2.75, 3.05) is 32.8 Å². The van der Waals surface area contributed by atoms with Gasteiger partial charge in [0.15, 0.2) is 0 Å². The van der Waals surface area contributed by atoms with Crippen LogP contribution in [0.3, 0.4) is 0 Å². The summed E-state index contributed by atoms with van der Waals surface area (Å²) in [4.78, 5) is 14.2. The first-order valence-corrected chi connectivity index (χ1v) is 14.8. The van der Waals surface area contributed by atoms with Crippen LogP contribution in [0.2, 0.25) is 7.85 Å². The first-order valence-electron chi connectivity index (χ1n) is 9.14. The first kappa shape index (κ1) is 18.2. The summed E-state index contributed by atoms with van der Waals surface area (Å²) in [7, 11) is 0. The summed E-state index contributed by atoms with van der Waals surface area (Å²) in [5.41, 5.74) is 6.87. The minimum absolute atomic E-state index is 0.0459. The van der Waals surface area contributed by atoms with E-state index in [0.717, 1.165) is 32.6 Å². The van der Waals surface area contributed by atoms with E-state index in [9.17, 15) is 9.90 Å². The van der Waals surface area contributed by atoms with Crippen molar-refractivity contribution in [3.8, 4) is 0 Å². The number of hydrogen-bond acceptors (Lipinski definition) is 4. The first-order chi connectivity index (χ1) is 11.7. The molecule has 2 fully saturated rings. The Hall–Kier alpha value is -0.560. The van der Waals surface area contributed by atoms with Crippen molar-refractivity contribution in [3.63, 3.8) is 0 Å². The van der Waals surface area contributed by atoms with Gasteiger partial charge in [0.05, 0.1) is 0 Å². The summed E-state index contributed by atoms with van der Waals surface area (Å²) in [6.07, 6.45) is 3.48. The Morgan fingerprint density at radius 1 is 1.21 bits per heavy atom. The molecule has 130 valence electrons. The summed E-state index contributed by atoms with van der Waals surface area (Å²) in [6, 6.07) is 10.3. The molecule has 2 saturated heterocycles. The van der Waals surface area contributed by atoms with E-state index in [1.165, 1.54) is 22.6 Å². The van der Waals surface area contributed by atoms with Gasteiger partial charge in [0.2, 0.25) is 0 Å². The monoisotopic (exact) mass is 433 g/mol. The molecule has 1 amide bonds. The summed E-state index contributed by atoms with van der Waals surface area (Å²) in [5, 5.41) is 9.86. The van der Waals surface area contributed by atoms with Crippen molar-refractivity contribution in [1.82, 2.24) is 7.79 Å². The van der Waals surface area contributed by atoms with Crippen molar-refractivity contribution < 1.29 is 9.90 Å². The molecule has 0 radical (unpaired) electrons. The van der Waals surface area contributed by atoms with Gasteiger partial charge >= 0.3 is 153 Å². The molecule has 2 aliphatic heterocycles. The van der Waals surface area contributed by atoms with Gasteiger partial charge in [0.1, 0.15) is 0 Å². The quantitative estimate of drug-likeness (QED) is 0.736. The van der Waals surface area contributed by atoms with Crippen LogP contribution in [-0.4, -0.2) is 73.3 Å². The van der Waals surface area contributed by atoms with Crippen molar-refractivity contribution in [2.24, 2.45) is 5.73 Å². The molecule has 1 aromatic rings. The Kier molecular flexibility index (Phi) is 6.61. The summed E-state index contributed by atoms with van der Waals surface area (Å²) < 4.78 is 4.17. The van der Waals surface area contributed by atoms with Gasteiger partial charge in [-0.25, -0.2) is 0 Å². The molecule has 0 bridgehead atoms. The number of amides is 1. The molecule has 24 heavy (non-hydrogen) atoms. The van der Waals surface area contributed by atoms with Gasteiger partial charge in [0.25, 0.3) is 0 Å². The van der Waals surface area contributed by atoms with Crippen LogP contribution in [0.4, 0.5) is 0 Å². The van der Waals surface area contributed by atoms with E-state index < -0.39 is 21.7 Å². The Morgan fingerprint density at radius 3 is 2.54 bits per heavy atom. The molecule has 3 N–H and O–H groups in total. The number of hydrogen-bond donors (Lipinski definition) is 2. The second-order valence-electron chi connectivity index (χ2n) is 7.04. The van der Waals surface area contributed by atoms with Gasteiger partial charge in [0, 0.05) is 0 Å². The summed E-state index contributed by atoms with van der Waals surface area (Å²) in [6.45, 7) is 4.17. The molecule has 0 saturated carbocycles. The van der Waals surface area contributed by atoms with E-state index >= 15 is 0 Å². The molecule has 2 atom stereocenters. The van der Waals surface area contributed by atoms with Crippen molar-refractivity contribution in [2.45, 2.75) is 33.2 Å². The Balaban J connectivity index is 1.61. The molecule has 6 heteroatoms. The fourth-order valence-electron chi connectivity index (χ4n) is 4.37. The maximum absolute atomic E-state index is 11.8. The zero-order valence-corrected chi connectivity index (χ0v) is 17.6. The predicted octanol–water partition coefficient (Wildman–Crippen LogP) is 1.37. The van der Waals surface area contributed by atoms with Crippen LogP contribution in [-0.2, 0) is 4.79 Å². The van der Waals surface area contributed by atoms with Gasteiger partial charge < -0.3 is 0 Å². The minimum atomic E-state index is -2.05. The SMILES string of the molecule is NC(=O)[CH]1CCC[CH2][In]1[N]1CCN([C@H](CO)c2ccccc2)CC1. The van der Waals surface area contributed by atoms with Crippen LogP contribution >= 0.6 is 0 Å². The number of piperazine rings is 1. The standard InChI is InChI=1S/C12H17N2O.C6H11NO.In/c15-10-12(11-4-2-1-3-5-11)14-8-6-13-7-9-14;1-2-3-4-5-6(7)8;/h1-5,12,15H,6-10H2;5H,1-4H2,(H2,7,8);/q-1;;+1/t12-;;/m1../s1. The number of primary amides is 1. The zero-order chi connectivity index (χ0) is 16.9. The van der Waals surface area contributed by atoms with E-state index in [1.807, 2.05) is 18.2 Å². The van der Waals surface area contributed by atoms with Crippen LogP contribution in [0.25, 0.3) is 0 Å². The number of carbonyl (C=O) groups is 1. The van der Waals surface area contributed by atoms with E-state index in [0.29, 0.717) is 0 Å². The average molecular weight is 433 g/mol. The molecule has 0 aliphatic carbocycles. The third kappa shape index (κ3) is 4.15. The zero-order valence-electron chi connectivity index (χ0n) is 14.3. The van der Waals surface area contributed by atoms with Gasteiger partial charge in [-0.2, -0.15) is 0 Å². The van der Waals surface area contributed by atoms with Crippen LogP contribution in [0.15, 0.2) is 30.3 Å². The normalized spacial score (nSPS) is 24.7. The van der Waals surface area contributed by atoms with E-state index in [-0.39, 0.29) is 22.2 Å². The number of carbonyl (C=O) groups excluding carboxylic acids is 1. The molecular formula is C18H28InN3O2. The average Bonchev–Trinajstić information content (AvgIpc) is 2.64. The summed E-state index contributed by atoms with van der Waals surface area (Å²) >= 11 is -2.05. The van der Waals surface area contributed by atoms with Crippen molar-refractivity contribution in [3.05, 3.63) is 35.9 Å². The van der Waals surface area contributed by atoms with Crippen LogP contribution in [0.1, 0.15) is 30.9 Å². The Morgan fingerprint density at radius 2 is 1.92 bits per heavy atom. The molecule has 1 aromatic carbocycles. The third-order valence-electron chi connectivity index (χ3n) is 5.71. The Bertz CT molecular complexity index is 534. The van der Waals surface area contributed by atoms with Gasteiger partial charge in [-0.1, -0.05) is 0 Å². The van der Waals surface area contributed by atoms with Crippen LogP contribution in [0.5, 0.6) is 0 Å². The van der Waals surface area contributed by atoms with Gasteiger partial charge in [-0.05, 0) is 0 Å². The fourth-order valence-corrected chi connectivity index (χ4v) is 15.4. The molecule has 0 aromatic heterocycles. The van der Waals surface area contributed by atoms with Crippen LogP contribution < -0.4 is 5.73 Å². The molecule has 2 heterocycles. The molecule has 3 rings (SSSR count). The number of rotatable bonds is 5. The molecular weight excluding hydrogens is 405 g/mol. The number of aliphatic hydroxyl groups excluding tert-OH is 1. The van der Waals surface area contributed by atoms with Gasteiger partial charge in [-0.15, -0.1) is 0 Å². The van der Waals surface area contributed by atoms with E-state index in [2.05, 4.69) is 19.9 Å². The maximum atomic E-state index is 11.8. The molecule has 2 aliphatic rings. The van der Waals surface area contributed by atoms with E-state index in [1.54, 1.807) is 0 Å². The Labute approximate surface area is 152 Å². The van der Waals surface area contributed by atoms with Crippen LogP contribution in [0, 0.1) is 0 Å². The molecule has 5 nitrogen and oxygen atoms in total. The van der Waals surface area contributed by atoms with Gasteiger partial charge in [-0.3, -0.25) is 0 Å². The predicted molar refractivity (Wildman–Crippen MR) is 96.8 cm³/mol. The number of aliphatic hydroxyl groups is 1. The fraction of sp³-hybridized carbons (Fsp3) is 0.611. The topological polar surface area (TPSA) is 69.8 Å². The number of nitrogens with two attached hydrogens (primary N) is 1. The second kappa shape index (κ2) is 8.70. The second-order valence-corrected chi connectivity index (χ2v) is 16.3. The number of nitrogens with zero attached hydrogens (tertiary/aromatic N) is 2. The van der Waals surface area contributed by atoms with E-state index in [4.69, 9.17) is 5.73 Å².